The molecule has 0 aromatic heterocycles. The van der Waals surface area contributed by atoms with Gasteiger partial charge in [0, 0.05) is 19.6 Å². The van der Waals surface area contributed by atoms with Crippen molar-refractivity contribution in [1.82, 2.24) is 4.90 Å². The van der Waals surface area contributed by atoms with Gasteiger partial charge in [0.1, 0.15) is 0 Å². The van der Waals surface area contributed by atoms with Crippen LogP contribution in [0.3, 0.4) is 0 Å². The molecular weight excluding hydrogens is 204 g/mol. The van der Waals surface area contributed by atoms with Gasteiger partial charge in [0.15, 0.2) is 0 Å². The molecule has 1 atom stereocenters. The van der Waals surface area contributed by atoms with Crippen molar-refractivity contribution in [3.05, 3.63) is 0 Å². The molecule has 4 nitrogen and oxygen atoms in total. The lowest BCUT2D eigenvalue weighted by Crippen LogP contribution is -2.57. The minimum Gasteiger partial charge on any atom is -0.369 e. The van der Waals surface area contributed by atoms with E-state index in [-0.39, 0.29) is 17.6 Å². The second-order valence-corrected chi connectivity index (χ2v) is 5.96. The molecule has 1 amide bonds. The van der Waals surface area contributed by atoms with Crippen LogP contribution in [0.25, 0.3) is 0 Å². The van der Waals surface area contributed by atoms with Crippen LogP contribution in [-0.4, -0.2) is 42.1 Å². The molecule has 0 aromatic rings. The van der Waals surface area contributed by atoms with E-state index >= 15 is 0 Å². The minimum atomic E-state index is -0.479. The number of carbonyl (C=O) groups is 1. The lowest BCUT2D eigenvalue weighted by Gasteiger charge is -2.44. The molecule has 1 unspecified atom stereocenters. The first kappa shape index (κ1) is 13.5. The summed E-state index contributed by atoms with van der Waals surface area (Å²) in [6.45, 7) is 11.5. The van der Waals surface area contributed by atoms with Crippen molar-refractivity contribution in [2.24, 2.45) is 11.1 Å². The molecule has 2 N–H and O–H groups in total. The van der Waals surface area contributed by atoms with Crippen LogP contribution in [0, 0.1) is 5.41 Å². The van der Waals surface area contributed by atoms with Crippen LogP contribution in [0.1, 0.15) is 34.6 Å². The van der Waals surface area contributed by atoms with E-state index in [0.29, 0.717) is 19.6 Å². The Balaban J connectivity index is 2.77. The average molecular weight is 228 g/mol. The predicted octanol–water partition coefficient (Wildman–Crippen LogP) is 0.997. The molecule has 0 spiro atoms. The Morgan fingerprint density at radius 2 is 2.12 bits per heavy atom. The number of hydrogen-bond acceptors (Lipinski definition) is 3. The normalized spacial score (nSPS) is 25.6. The third-order valence-corrected chi connectivity index (χ3v) is 2.95. The number of nitrogens with two attached hydrogens (primary N) is 1. The molecule has 1 rings (SSSR count). The van der Waals surface area contributed by atoms with Gasteiger partial charge in [0.05, 0.1) is 17.1 Å². The summed E-state index contributed by atoms with van der Waals surface area (Å²) in [7, 11) is 0. The summed E-state index contributed by atoms with van der Waals surface area (Å²) in [6, 6.07) is 0. The number of rotatable bonds is 2. The fourth-order valence-corrected chi connectivity index (χ4v) is 2.12. The van der Waals surface area contributed by atoms with Gasteiger partial charge in [-0.15, -0.1) is 0 Å². The Morgan fingerprint density at radius 3 is 2.56 bits per heavy atom. The Labute approximate surface area is 98.1 Å². The van der Waals surface area contributed by atoms with Gasteiger partial charge < -0.3 is 15.4 Å². The van der Waals surface area contributed by atoms with Gasteiger partial charge in [-0.3, -0.25) is 4.79 Å². The molecule has 0 aromatic carbocycles. The number of morpholine rings is 1. The molecule has 1 saturated heterocycles. The van der Waals surface area contributed by atoms with Crippen LogP contribution in [0.15, 0.2) is 0 Å². The van der Waals surface area contributed by atoms with Crippen LogP contribution >= 0.6 is 0 Å². The minimum absolute atomic E-state index is 0.0845. The molecule has 0 bridgehead atoms. The molecule has 4 heteroatoms. The summed E-state index contributed by atoms with van der Waals surface area (Å²) < 4.78 is 5.78. The largest absolute Gasteiger partial charge is 0.369 e. The van der Waals surface area contributed by atoms with Gasteiger partial charge in [-0.05, 0) is 34.6 Å². The molecule has 16 heavy (non-hydrogen) atoms. The topological polar surface area (TPSA) is 55.6 Å². The fourth-order valence-electron chi connectivity index (χ4n) is 2.12. The average Bonchev–Trinajstić information content (AvgIpc) is 2.13. The van der Waals surface area contributed by atoms with Crippen molar-refractivity contribution in [1.29, 1.82) is 0 Å². The number of hydrogen-bond donors (Lipinski definition) is 1. The van der Waals surface area contributed by atoms with Crippen molar-refractivity contribution in [3.63, 3.8) is 0 Å². The van der Waals surface area contributed by atoms with E-state index < -0.39 is 5.41 Å². The van der Waals surface area contributed by atoms with Gasteiger partial charge >= 0.3 is 0 Å². The molecule has 1 aliphatic rings. The standard InChI is InChI=1S/C12H24N2O2/c1-9-6-14(8-12(4,5)16-9)10(15)11(2,3)7-13/h9H,6-8,13H2,1-5H3. The molecule has 0 saturated carbocycles. The lowest BCUT2D eigenvalue weighted by molar-refractivity contribution is -0.165. The van der Waals surface area contributed by atoms with Crippen LogP contribution in [0.2, 0.25) is 0 Å². The monoisotopic (exact) mass is 228 g/mol. The van der Waals surface area contributed by atoms with Crippen LogP contribution in [-0.2, 0) is 9.53 Å². The molecule has 1 heterocycles. The summed E-state index contributed by atoms with van der Waals surface area (Å²) in [5.41, 5.74) is 4.89. The first-order valence-corrected chi connectivity index (χ1v) is 5.85. The summed E-state index contributed by atoms with van der Waals surface area (Å²) >= 11 is 0. The molecule has 1 aliphatic heterocycles. The highest BCUT2D eigenvalue weighted by atomic mass is 16.5. The zero-order chi connectivity index (χ0) is 12.6. The molecule has 94 valence electrons. The third-order valence-electron chi connectivity index (χ3n) is 2.95. The maximum Gasteiger partial charge on any atom is 0.229 e. The van der Waals surface area contributed by atoms with Crippen molar-refractivity contribution < 1.29 is 9.53 Å². The number of ether oxygens (including phenoxy) is 1. The summed E-state index contributed by atoms with van der Waals surface area (Å²) in [5, 5.41) is 0. The third kappa shape index (κ3) is 2.95. The first-order valence-electron chi connectivity index (χ1n) is 5.85. The van der Waals surface area contributed by atoms with E-state index in [4.69, 9.17) is 10.5 Å². The first-order chi connectivity index (χ1) is 7.18. The van der Waals surface area contributed by atoms with E-state index in [1.807, 2.05) is 39.5 Å². The fraction of sp³-hybridized carbons (Fsp3) is 0.917. The Morgan fingerprint density at radius 1 is 1.56 bits per heavy atom. The summed E-state index contributed by atoms with van der Waals surface area (Å²) in [5.74, 6) is 0.123. The second-order valence-electron chi connectivity index (χ2n) is 5.96. The smallest absolute Gasteiger partial charge is 0.229 e. The van der Waals surface area contributed by atoms with Gasteiger partial charge in [0.25, 0.3) is 0 Å². The van der Waals surface area contributed by atoms with E-state index in [0.717, 1.165) is 0 Å². The highest BCUT2D eigenvalue weighted by Gasteiger charge is 2.38. The van der Waals surface area contributed by atoms with E-state index in [1.54, 1.807) is 0 Å². The van der Waals surface area contributed by atoms with E-state index in [9.17, 15) is 4.79 Å². The van der Waals surface area contributed by atoms with Crippen LogP contribution in [0.4, 0.5) is 0 Å². The Bertz CT molecular complexity index is 274. The lowest BCUT2D eigenvalue weighted by atomic mass is 9.90. The van der Waals surface area contributed by atoms with Crippen molar-refractivity contribution in [2.45, 2.75) is 46.3 Å². The van der Waals surface area contributed by atoms with Crippen molar-refractivity contribution in [3.8, 4) is 0 Å². The van der Waals surface area contributed by atoms with Gasteiger partial charge in [0.2, 0.25) is 5.91 Å². The zero-order valence-electron chi connectivity index (χ0n) is 11.0. The molecule has 1 fully saturated rings. The second kappa shape index (κ2) is 4.34. The van der Waals surface area contributed by atoms with Crippen LogP contribution < -0.4 is 5.73 Å². The Kier molecular flexibility index (Phi) is 3.65. The summed E-state index contributed by atoms with van der Waals surface area (Å²) in [4.78, 5) is 14.2. The van der Waals surface area contributed by atoms with Crippen molar-refractivity contribution >= 4 is 5.91 Å². The Hall–Kier alpha value is -0.610. The van der Waals surface area contributed by atoms with Crippen molar-refractivity contribution in [2.75, 3.05) is 19.6 Å². The SMILES string of the molecule is CC1CN(C(=O)C(C)(C)CN)CC(C)(C)O1. The quantitative estimate of drug-likeness (QED) is 0.767. The maximum atomic E-state index is 12.3. The van der Waals surface area contributed by atoms with E-state index in [2.05, 4.69) is 0 Å². The van der Waals surface area contributed by atoms with Gasteiger partial charge in [-0.25, -0.2) is 0 Å². The van der Waals surface area contributed by atoms with Gasteiger partial charge in [-0.2, -0.15) is 0 Å². The summed E-state index contributed by atoms with van der Waals surface area (Å²) in [6.07, 6.45) is 0.0845. The van der Waals surface area contributed by atoms with E-state index in [1.165, 1.54) is 0 Å². The van der Waals surface area contributed by atoms with Crippen LogP contribution in [0.5, 0.6) is 0 Å². The number of carbonyl (C=O) groups excluding carboxylic acids is 1. The number of amides is 1. The molecule has 0 aliphatic carbocycles. The molecule has 0 radical (unpaired) electrons. The predicted molar refractivity (Wildman–Crippen MR) is 64.0 cm³/mol. The zero-order valence-corrected chi connectivity index (χ0v) is 11.0. The highest BCUT2D eigenvalue weighted by Crippen LogP contribution is 2.25. The number of nitrogens with zero attached hydrogens (tertiary/aromatic N) is 1. The van der Waals surface area contributed by atoms with Gasteiger partial charge in [-0.1, -0.05) is 0 Å². The molecular formula is C12H24N2O2. The highest BCUT2D eigenvalue weighted by molar-refractivity contribution is 5.82. The maximum absolute atomic E-state index is 12.3.